The molecule has 1 aromatic carbocycles. The lowest BCUT2D eigenvalue weighted by Gasteiger charge is -2.22. The number of carbonyl (C=O) groups excluding carboxylic acids is 1. The second-order valence-corrected chi connectivity index (χ2v) is 5.24. The van der Waals surface area contributed by atoms with Crippen LogP contribution in [0, 0.1) is 20.8 Å². The van der Waals surface area contributed by atoms with Gasteiger partial charge in [0.25, 0.3) is 0 Å². The van der Waals surface area contributed by atoms with Crippen LogP contribution in [0.1, 0.15) is 23.6 Å². The minimum absolute atomic E-state index is 0.0482. The molecule has 0 aliphatic heterocycles. The summed E-state index contributed by atoms with van der Waals surface area (Å²) in [4.78, 5) is 11.1. The molecule has 1 rings (SSSR count). The Labute approximate surface area is 120 Å². The molecule has 0 N–H and O–H groups in total. The Morgan fingerprint density at radius 2 is 2.00 bits per heavy atom. The number of hydrogen-bond donors (Lipinski definition) is 0. The van der Waals surface area contributed by atoms with Crippen LogP contribution in [0.5, 0.6) is 5.75 Å². The molecule has 0 amide bonds. The Morgan fingerprint density at radius 1 is 1.40 bits per heavy atom. The predicted molar refractivity (Wildman–Crippen MR) is 74.2 cm³/mol. The second kappa shape index (κ2) is 6.67. The van der Waals surface area contributed by atoms with Gasteiger partial charge < -0.3 is 14.0 Å². The van der Waals surface area contributed by atoms with Crippen LogP contribution in [-0.4, -0.2) is 21.0 Å². The number of hydrogen-bond acceptors (Lipinski definition) is 5. The van der Waals surface area contributed by atoms with Crippen molar-refractivity contribution in [1.29, 1.82) is 0 Å². The summed E-state index contributed by atoms with van der Waals surface area (Å²) >= 11 is -2.44. The smallest absolute Gasteiger partial charge is 0.333 e. The number of rotatable bonds is 5. The first kappa shape index (κ1) is 16.4. The maximum absolute atomic E-state index is 11.3. The Kier molecular flexibility index (Phi) is 5.47. The van der Waals surface area contributed by atoms with E-state index in [1.165, 1.54) is 13.0 Å². The van der Waals surface area contributed by atoms with Crippen molar-refractivity contribution in [2.24, 2.45) is 0 Å². The molecule has 0 saturated heterocycles. The molecule has 110 valence electrons. The van der Waals surface area contributed by atoms with Gasteiger partial charge >= 0.3 is 5.97 Å². The van der Waals surface area contributed by atoms with Gasteiger partial charge in [0.1, 0.15) is 5.75 Å². The zero-order chi connectivity index (χ0) is 15.4. The lowest BCUT2D eigenvalue weighted by atomic mass is 10.0. The zero-order valence-corrected chi connectivity index (χ0v) is 12.7. The van der Waals surface area contributed by atoms with Crippen LogP contribution in [-0.2, 0) is 20.6 Å². The zero-order valence-electron chi connectivity index (χ0n) is 11.9. The second-order valence-electron chi connectivity index (χ2n) is 4.33. The summed E-state index contributed by atoms with van der Waals surface area (Å²) in [5, 5.41) is 0. The highest BCUT2D eigenvalue weighted by Crippen LogP contribution is 2.32. The first-order chi connectivity index (χ1) is 9.27. The fourth-order valence-corrected chi connectivity index (χ4v) is 2.32. The van der Waals surface area contributed by atoms with Crippen LogP contribution >= 0.6 is 0 Å². The van der Waals surface area contributed by atoms with Crippen LogP contribution in [0.3, 0.4) is 0 Å². The molecule has 20 heavy (non-hydrogen) atoms. The monoisotopic (exact) mass is 297 g/mol. The first-order valence-corrected chi connectivity index (χ1v) is 7.05. The number of benzene rings is 1. The van der Waals surface area contributed by atoms with Crippen molar-refractivity contribution < 1.29 is 23.0 Å². The maximum Gasteiger partial charge on any atom is 0.333 e. The van der Waals surface area contributed by atoms with Crippen LogP contribution in [0.4, 0.5) is 0 Å². The number of carbonyl (C=O) groups is 1. The van der Waals surface area contributed by atoms with E-state index in [9.17, 15) is 13.6 Å². The van der Waals surface area contributed by atoms with Crippen molar-refractivity contribution in [2.75, 3.05) is 0 Å². The van der Waals surface area contributed by atoms with E-state index >= 15 is 0 Å². The topological polar surface area (TPSA) is 75.7 Å². The molecular weight excluding hydrogens is 280 g/mol. The molecule has 0 bridgehead atoms. The van der Waals surface area contributed by atoms with Gasteiger partial charge in [-0.15, -0.1) is 0 Å². The van der Waals surface area contributed by atoms with E-state index in [2.05, 4.69) is 6.58 Å². The molecule has 0 saturated carbocycles. The highest BCUT2D eigenvalue weighted by molar-refractivity contribution is 7.79. The number of aryl methyl sites for hydroxylation is 1. The summed E-state index contributed by atoms with van der Waals surface area (Å²) in [5.41, 5.74) is 2.48. The first-order valence-electron chi connectivity index (χ1n) is 5.97. The molecule has 0 fully saturated rings. The maximum atomic E-state index is 11.3. The highest BCUT2D eigenvalue weighted by atomic mass is 32.2. The average Bonchev–Trinajstić information content (AvgIpc) is 2.38. The highest BCUT2D eigenvalue weighted by Gasteiger charge is 2.17. The van der Waals surface area contributed by atoms with Gasteiger partial charge in [0.2, 0.25) is 6.29 Å². The number of ether oxygens (including phenoxy) is 2. The summed E-state index contributed by atoms with van der Waals surface area (Å²) in [6.45, 7) is 10.2. The van der Waals surface area contributed by atoms with E-state index in [1.54, 1.807) is 6.92 Å². The molecule has 0 aliphatic carbocycles. The van der Waals surface area contributed by atoms with Gasteiger partial charge in [-0.2, -0.15) is 0 Å². The Bertz CT molecular complexity index is 565. The Balaban J connectivity index is 3.16. The van der Waals surface area contributed by atoms with Crippen molar-refractivity contribution in [2.45, 2.75) is 38.9 Å². The molecule has 5 nitrogen and oxygen atoms in total. The summed E-state index contributed by atoms with van der Waals surface area (Å²) in [7, 11) is 0. The van der Waals surface area contributed by atoms with Gasteiger partial charge in [0.15, 0.2) is 0 Å². The minimum Gasteiger partial charge on any atom is -0.768 e. The molecule has 0 spiro atoms. The van der Waals surface area contributed by atoms with Crippen molar-refractivity contribution in [3.63, 3.8) is 0 Å². The normalized spacial score (nSPS) is 13.4. The van der Waals surface area contributed by atoms with Gasteiger partial charge in [-0.25, -0.2) is 4.79 Å². The summed E-state index contributed by atoms with van der Waals surface area (Å²) in [5.74, 6) is -0.436. The lowest BCUT2D eigenvalue weighted by Crippen LogP contribution is -2.21. The fourth-order valence-electron chi connectivity index (χ4n) is 1.69. The van der Waals surface area contributed by atoms with E-state index < -0.39 is 23.3 Å². The van der Waals surface area contributed by atoms with E-state index in [4.69, 9.17) is 9.47 Å². The third-order valence-corrected chi connectivity index (χ3v) is 3.64. The van der Waals surface area contributed by atoms with Gasteiger partial charge in [-0.1, -0.05) is 6.58 Å². The SMILES string of the molecule is C=CC(=O)OC(C)Oc1c(S(=O)[O-])cc(C)c(C)c1C. The van der Waals surface area contributed by atoms with Crippen molar-refractivity contribution >= 4 is 17.0 Å². The standard InChI is InChI=1S/C14H18O5S/c1-6-13(15)18-11(5)19-14-10(4)9(3)8(2)7-12(14)20(16)17/h6-7,11H,1H2,2-5H3,(H,16,17)/p-1. The Hall–Kier alpha value is -1.66. The van der Waals surface area contributed by atoms with Crippen LogP contribution in [0.2, 0.25) is 0 Å². The molecule has 2 unspecified atom stereocenters. The van der Waals surface area contributed by atoms with E-state index in [0.29, 0.717) is 5.56 Å². The van der Waals surface area contributed by atoms with Crippen molar-refractivity contribution in [3.05, 3.63) is 35.4 Å². The molecule has 0 aromatic heterocycles. The Morgan fingerprint density at radius 3 is 2.50 bits per heavy atom. The van der Waals surface area contributed by atoms with Crippen LogP contribution in [0.15, 0.2) is 23.6 Å². The summed E-state index contributed by atoms with van der Waals surface area (Å²) < 4.78 is 32.9. The van der Waals surface area contributed by atoms with E-state index in [1.807, 2.05) is 13.8 Å². The minimum atomic E-state index is -2.44. The largest absolute Gasteiger partial charge is 0.768 e. The summed E-state index contributed by atoms with van der Waals surface area (Å²) in [6.07, 6.45) is 0.100. The van der Waals surface area contributed by atoms with E-state index in [0.717, 1.165) is 17.2 Å². The van der Waals surface area contributed by atoms with Crippen LogP contribution < -0.4 is 4.74 Å². The van der Waals surface area contributed by atoms with Gasteiger partial charge in [0, 0.05) is 13.0 Å². The molecule has 6 heteroatoms. The number of esters is 1. The third kappa shape index (κ3) is 3.68. The molecule has 0 heterocycles. The van der Waals surface area contributed by atoms with Gasteiger partial charge in [0.05, 0.1) is 4.90 Å². The third-order valence-electron chi connectivity index (χ3n) is 2.98. The van der Waals surface area contributed by atoms with Gasteiger partial charge in [-0.3, -0.25) is 4.21 Å². The molecule has 0 radical (unpaired) electrons. The molecular formula is C14H17O5S-. The fraction of sp³-hybridized carbons (Fsp3) is 0.357. The van der Waals surface area contributed by atoms with Crippen molar-refractivity contribution in [1.82, 2.24) is 0 Å². The van der Waals surface area contributed by atoms with Gasteiger partial charge in [-0.05, 0) is 54.6 Å². The summed E-state index contributed by atoms with van der Waals surface area (Å²) in [6, 6.07) is 1.53. The van der Waals surface area contributed by atoms with E-state index in [-0.39, 0.29) is 10.6 Å². The average molecular weight is 297 g/mol. The lowest BCUT2D eigenvalue weighted by molar-refractivity contribution is -0.155. The predicted octanol–water partition coefficient (Wildman–Crippen LogP) is 2.30. The quantitative estimate of drug-likeness (QED) is 0.361. The van der Waals surface area contributed by atoms with Crippen molar-refractivity contribution in [3.8, 4) is 5.75 Å². The molecule has 2 atom stereocenters. The van der Waals surface area contributed by atoms with Crippen LogP contribution in [0.25, 0.3) is 0 Å². The molecule has 0 aliphatic rings. The molecule has 1 aromatic rings.